The van der Waals surface area contributed by atoms with Crippen molar-refractivity contribution in [2.75, 3.05) is 0 Å². The SMILES string of the molecule is N#Cc1cc(-c2ccc(C=O)s2)ccc1O. The highest BCUT2D eigenvalue weighted by molar-refractivity contribution is 7.17. The Labute approximate surface area is 96.2 Å². The molecule has 0 radical (unpaired) electrons. The first-order chi connectivity index (χ1) is 7.74. The minimum absolute atomic E-state index is 0.0292. The molecule has 0 fully saturated rings. The lowest BCUT2D eigenvalue weighted by Crippen LogP contribution is -1.78. The van der Waals surface area contributed by atoms with Crippen LogP contribution in [0.3, 0.4) is 0 Å². The van der Waals surface area contributed by atoms with Gasteiger partial charge in [-0.3, -0.25) is 4.79 Å². The fourth-order valence-corrected chi connectivity index (χ4v) is 2.17. The number of carbonyl (C=O) groups is 1. The lowest BCUT2D eigenvalue weighted by atomic mass is 10.1. The molecule has 78 valence electrons. The molecule has 0 amide bonds. The molecule has 1 aromatic heterocycles. The van der Waals surface area contributed by atoms with E-state index in [1.165, 1.54) is 17.4 Å². The molecule has 1 N–H and O–H groups in total. The van der Waals surface area contributed by atoms with Crippen LogP contribution in [0, 0.1) is 11.3 Å². The quantitative estimate of drug-likeness (QED) is 0.805. The number of carbonyl (C=O) groups excluding carboxylic acids is 1. The minimum atomic E-state index is -0.0292. The molecular weight excluding hydrogens is 222 g/mol. The Hall–Kier alpha value is -2.12. The number of hydrogen-bond acceptors (Lipinski definition) is 4. The third-order valence-electron chi connectivity index (χ3n) is 2.14. The molecule has 0 aliphatic rings. The minimum Gasteiger partial charge on any atom is -0.507 e. The average Bonchev–Trinajstić information content (AvgIpc) is 2.78. The van der Waals surface area contributed by atoms with E-state index in [1.54, 1.807) is 18.2 Å². The number of aromatic hydroxyl groups is 1. The zero-order valence-corrected chi connectivity index (χ0v) is 8.99. The summed E-state index contributed by atoms with van der Waals surface area (Å²) in [6.07, 6.45) is 0.791. The molecule has 1 aromatic carbocycles. The Morgan fingerprint density at radius 1 is 1.31 bits per heavy atom. The molecule has 0 atom stereocenters. The van der Waals surface area contributed by atoms with Crippen LogP contribution in [0.4, 0.5) is 0 Å². The predicted octanol–water partition coefficient (Wildman–Crippen LogP) is 2.80. The number of aldehydes is 1. The molecule has 2 aromatic rings. The third-order valence-corrected chi connectivity index (χ3v) is 3.20. The lowest BCUT2D eigenvalue weighted by Gasteiger charge is -1.99. The van der Waals surface area contributed by atoms with E-state index in [4.69, 9.17) is 5.26 Å². The largest absolute Gasteiger partial charge is 0.507 e. The van der Waals surface area contributed by atoms with Crippen LogP contribution in [0.25, 0.3) is 10.4 Å². The predicted molar refractivity (Wildman–Crippen MR) is 61.5 cm³/mol. The summed E-state index contributed by atoms with van der Waals surface area (Å²) >= 11 is 1.35. The second kappa shape index (κ2) is 4.17. The highest BCUT2D eigenvalue weighted by Gasteiger charge is 2.06. The summed E-state index contributed by atoms with van der Waals surface area (Å²) in [6.45, 7) is 0. The highest BCUT2D eigenvalue weighted by Crippen LogP contribution is 2.30. The van der Waals surface area contributed by atoms with Gasteiger partial charge in [0.15, 0.2) is 6.29 Å². The monoisotopic (exact) mass is 229 g/mol. The third kappa shape index (κ3) is 1.81. The van der Waals surface area contributed by atoms with E-state index >= 15 is 0 Å². The van der Waals surface area contributed by atoms with Crippen molar-refractivity contribution < 1.29 is 9.90 Å². The van der Waals surface area contributed by atoms with Gasteiger partial charge in [0.05, 0.1) is 10.4 Å². The maximum absolute atomic E-state index is 10.5. The van der Waals surface area contributed by atoms with Gasteiger partial charge in [-0.2, -0.15) is 5.26 Å². The van der Waals surface area contributed by atoms with Crippen LogP contribution >= 0.6 is 11.3 Å². The highest BCUT2D eigenvalue weighted by atomic mass is 32.1. The van der Waals surface area contributed by atoms with E-state index in [1.807, 2.05) is 12.1 Å². The topological polar surface area (TPSA) is 61.1 Å². The van der Waals surface area contributed by atoms with Crippen LogP contribution in [0.2, 0.25) is 0 Å². The van der Waals surface area contributed by atoms with E-state index in [-0.39, 0.29) is 11.3 Å². The van der Waals surface area contributed by atoms with Gasteiger partial charge >= 0.3 is 0 Å². The molecule has 2 rings (SSSR count). The summed E-state index contributed by atoms with van der Waals surface area (Å²) < 4.78 is 0. The molecule has 1 heterocycles. The number of benzene rings is 1. The van der Waals surface area contributed by atoms with E-state index in [9.17, 15) is 9.90 Å². The van der Waals surface area contributed by atoms with Crippen LogP contribution in [0.5, 0.6) is 5.75 Å². The molecule has 16 heavy (non-hydrogen) atoms. The first kappa shape index (κ1) is 10.4. The van der Waals surface area contributed by atoms with Gasteiger partial charge in [0, 0.05) is 4.88 Å². The van der Waals surface area contributed by atoms with Crippen LogP contribution in [-0.4, -0.2) is 11.4 Å². The average molecular weight is 229 g/mol. The number of thiophene rings is 1. The van der Waals surface area contributed by atoms with Crippen LogP contribution in [-0.2, 0) is 0 Å². The van der Waals surface area contributed by atoms with Crippen molar-refractivity contribution in [1.82, 2.24) is 0 Å². The number of nitrogens with zero attached hydrogens (tertiary/aromatic N) is 1. The number of phenols is 1. The van der Waals surface area contributed by atoms with Crippen LogP contribution in [0.15, 0.2) is 30.3 Å². The summed E-state index contributed by atoms with van der Waals surface area (Å²) in [5, 5.41) is 18.1. The maximum Gasteiger partial charge on any atom is 0.160 e. The first-order valence-corrected chi connectivity index (χ1v) is 5.35. The van der Waals surface area contributed by atoms with Crippen molar-refractivity contribution >= 4 is 17.6 Å². The molecule has 0 bridgehead atoms. The van der Waals surface area contributed by atoms with Gasteiger partial charge in [-0.1, -0.05) is 0 Å². The van der Waals surface area contributed by atoms with E-state index in [2.05, 4.69) is 0 Å². The maximum atomic E-state index is 10.5. The van der Waals surface area contributed by atoms with Gasteiger partial charge in [0.1, 0.15) is 11.8 Å². The van der Waals surface area contributed by atoms with Gasteiger partial charge < -0.3 is 5.11 Å². The summed E-state index contributed by atoms with van der Waals surface area (Å²) in [5.74, 6) is -0.0292. The number of hydrogen-bond donors (Lipinski definition) is 1. The van der Waals surface area contributed by atoms with Gasteiger partial charge in [0.25, 0.3) is 0 Å². The van der Waals surface area contributed by atoms with E-state index < -0.39 is 0 Å². The fraction of sp³-hybridized carbons (Fsp3) is 0. The van der Waals surface area contributed by atoms with Gasteiger partial charge in [-0.15, -0.1) is 11.3 Å². The van der Waals surface area contributed by atoms with Crippen molar-refractivity contribution in [3.63, 3.8) is 0 Å². The Morgan fingerprint density at radius 3 is 2.75 bits per heavy atom. The summed E-state index contributed by atoms with van der Waals surface area (Å²) in [6, 6.07) is 10.3. The van der Waals surface area contributed by atoms with Crippen molar-refractivity contribution in [1.29, 1.82) is 5.26 Å². The molecule has 0 spiro atoms. The summed E-state index contributed by atoms with van der Waals surface area (Å²) in [7, 11) is 0. The summed E-state index contributed by atoms with van der Waals surface area (Å²) in [4.78, 5) is 12.1. The van der Waals surface area contributed by atoms with Crippen molar-refractivity contribution in [2.45, 2.75) is 0 Å². The molecule has 0 saturated carbocycles. The molecule has 0 saturated heterocycles. The first-order valence-electron chi connectivity index (χ1n) is 4.53. The normalized spacial score (nSPS) is 9.69. The molecular formula is C12H7NO2S. The summed E-state index contributed by atoms with van der Waals surface area (Å²) in [5.41, 5.74) is 1.06. The van der Waals surface area contributed by atoms with Gasteiger partial charge in [-0.05, 0) is 35.9 Å². The Bertz CT molecular complexity index is 581. The molecule has 0 aliphatic carbocycles. The molecule has 3 nitrogen and oxygen atoms in total. The van der Waals surface area contributed by atoms with Crippen molar-refractivity contribution in [3.8, 4) is 22.3 Å². The van der Waals surface area contributed by atoms with Crippen molar-refractivity contribution in [2.24, 2.45) is 0 Å². The van der Waals surface area contributed by atoms with Crippen molar-refractivity contribution in [3.05, 3.63) is 40.8 Å². The smallest absolute Gasteiger partial charge is 0.160 e. The number of phenolic OH excluding ortho intramolecular Hbond substituents is 1. The Morgan fingerprint density at radius 2 is 2.12 bits per heavy atom. The zero-order chi connectivity index (χ0) is 11.5. The van der Waals surface area contributed by atoms with Crippen LogP contribution < -0.4 is 0 Å². The lowest BCUT2D eigenvalue weighted by molar-refractivity contribution is 0.112. The molecule has 4 heteroatoms. The van der Waals surface area contributed by atoms with Crippen LogP contribution in [0.1, 0.15) is 15.2 Å². The Balaban J connectivity index is 2.48. The second-order valence-electron chi connectivity index (χ2n) is 3.16. The fourth-order valence-electron chi connectivity index (χ4n) is 1.35. The molecule has 0 aliphatic heterocycles. The van der Waals surface area contributed by atoms with Gasteiger partial charge in [-0.25, -0.2) is 0 Å². The standard InChI is InChI=1S/C12H7NO2S/c13-6-9-5-8(1-3-11(9)15)12-4-2-10(7-14)16-12/h1-5,7,15H. The van der Waals surface area contributed by atoms with E-state index in [0.29, 0.717) is 4.88 Å². The van der Waals surface area contributed by atoms with E-state index in [0.717, 1.165) is 16.7 Å². The Kier molecular flexibility index (Phi) is 2.71. The number of rotatable bonds is 2. The second-order valence-corrected chi connectivity index (χ2v) is 4.28. The van der Waals surface area contributed by atoms with Gasteiger partial charge in [0.2, 0.25) is 0 Å². The number of nitriles is 1. The zero-order valence-electron chi connectivity index (χ0n) is 8.18. The molecule has 0 unspecified atom stereocenters.